The molecule has 3 rings (SSSR count). The number of halogens is 4. The molecule has 0 N–H and O–H groups in total. The van der Waals surface area contributed by atoms with Gasteiger partial charge in [0.1, 0.15) is 0 Å². The maximum atomic E-state index is 13.2. The van der Waals surface area contributed by atoms with Crippen LogP contribution in [-0.4, -0.2) is 28.3 Å². The molecule has 6 heteroatoms. The van der Waals surface area contributed by atoms with Gasteiger partial charge in [-0.25, -0.2) is 13.2 Å². The Morgan fingerprint density at radius 1 is 1.10 bits per heavy atom. The number of nitrogens with zero attached hydrogens (tertiary/aromatic N) is 1. The topological polar surface area (TPSA) is 20.3 Å². The number of fused-ring (bicyclic) bond motifs is 2. The lowest BCUT2D eigenvalue weighted by Gasteiger charge is -2.37. The van der Waals surface area contributed by atoms with E-state index in [1.54, 1.807) is 4.90 Å². The van der Waals surface area contributed by atoms with Gasteiger partial charge < -0.3 is 4.90 Å². The molecule has 1 aromatic rings. The molecule has 2 unspecified atom stereocenters. The van der Waals surface area contributed by atoms with E-state index in [2.05, 4.69) is 0 Å². The van der Waals surface area contributed by atoms with E-state index >= 15 is 0 Å². The first-order valence-corrected chi connectivity index (χ1v) is 7.02. The summed E-state index contributed by atoms with van der Waals surface area (Å²) in [4.78, 5) is 14.1. The summed E-state index contributed by atoms with van der Waals surface area (Å²) in [7, 11) is 0. The fourth-order valence-electron chi connectivity index (χ4n) is 3.27. The predicted molar refractivity (Wildman–Crippen MR) is 68.2 cm³/mol. The molecule has 0 aliphatic carbocycles. The zero-order valence-electron chi connectivity index (χ0n) is 10.6. The summed E-state index contributed by atoms with van der Waals surface area (Å²) in [5.41, 5.74) is -0.147. The molecule has 2 aliphatic heterocycles. The third-order valence-electron chi connectivity index (χ3n) is 4.14. The van der Waals surface area contributed by atoms with E-state index in [1.807, 2.05) is 0 Å². The molecule has 0 spiro atoms. The van der Waals surface area contributed by atoms with Gasteiger partial charge in [0.05, 0.1) is 0 Å². The first-order chi connectivity index (χ1) is 9.47. The van der Waals surface area contributed by atoms with E-state index < -0.39 is 23.4 Å². The molecule has 108 valence electrons. The van der Waals surface area contributed by atoms with Gasteiger partial charge in [0.2, 0.25) is 0 Å². The predicted octanol–water partition coefficient (Wildman–Crippen LogP) is 3.48. The lowest BCUT2D eigenvalue weighted by atomic mass is 10.0. The van der Waals surface area contributed by atoms with Gasteiger partial charge in [-0.3, -0.25) is 4.79 Å². The number of rotatable bonds is 1. The van der Waals surface area contributed by atoms with E-state index in [0.29, 0.717) is 12.8 Å². The first kappa shape index (κ1) is 13.7. The third kappa shape index (κ3) is 2.18. The van der Waals surface area contributed by atoms with Crippen molar-refractivity contribution in [2.75, 3.05) is 0 Å². The fraction of sp³-hybridized carbons (Fsp3) is 0.500. The van der Waals surface area contributed by atoms with Crippen LogP contribution < -0.4 is 0 Å². The standard InChI is InChI=1S/C14H13ClF3NO/c15-8-5-9-1-2-10(6-8)19(9)14(20)7-3-11(16)13(18)12(17)4-7/h3-4,8-10H,1-2,5-6H2. The summed E-state index contributed by atoms with van der Waals surface area (Å²) in [6.45, 7) is 0. The number of alkyl halides is 1. The van der Waals surface area contributed by atoms with Crippen LogP contribution in [0.3, 0.4) is 0 Å². The van der Waals surface area contributed by atoms with Crippen LogP contribution in [0.25, 0.3) is 0 Å². The Kier molecular flexibility index (Phi) is 3.40. The van der Waals surface area contributed by atoms with Crippen molar-refractivity contribution in [3.63, 3.8) is 0 Å². The van der Waals surface area contributed by atoms with Gasteiger partial charge in [-0.15, -0.1) is 11.6 Å². The van der Waals surface area contributed by atoms with Crippen LogP contribution in [-0.2, 0) is 0 Å². The highest BCUT2D eigenvalue weighted by molar-refractivity contribution is 6.20. The molecule has 2 nitrogen and oxygen atoms in total. The summed E-state index contributed by atoms with van der Waals surface area (Å²) >= 11 is 6.13. The van der Waals surface area contributed by atoms with Gasteiger partial charge in [0.15, 0.2) is 17.5 Å². The van der Waals surface area contributed by atoms with Crippen molar-refractivity contribution >= 4 is 17.5 Å². The van der Waals surface area contributed by atoms with Gasteiger partial charge in [-0.05, 0) is 37.8 Å². The highest BCUT2D eigenvalue weighted by Crippen LogP contribution is 2.38. The van der Waals surface area contributed by atoms with E-state index in [1.165, 1.54) is 0 Å². The summed E-state index contributed by atoms with van der Waals surface area (Å²) in [6.07, 6.45) is 3.09. The first-order valence-electron chi connectivity index (χ1n) is 6.58. The SMILES string of the molecule is O=C(c1cc(F)c(F)c(F)c1)N1C2CCC1CC(Cl)C2. The molecule has 2 atom stereocenters. The summed E-state index contributed by atoms with van der Waals surface area (Å²) in [6, 6.07) is 1.54. The minimum Gasteiger partial charge on any atom is -0.333 e. The molecule has 2 heterocycles. The van der Waals surface area contributed by atoms with Crippen molar-refractivity contribution in [2.45, 2.75) is 43.1 Å². The molecule has 2 bridgehead atoms. The quantitative estimate of drug-likeness (QED) is 0.574. The molecule has 1 amide bonds. The monoisotopic (exact) mass is 303 g/mol. The molecule has 0 saturated carbocycles. The molecule has 1 aromatic carbocycles. The molecule has 2 aliphatic rings. The Morgan fingerprint density at radius 2 is 1.60 bits per heavy atom. The molecule has 0 aromatic heterocycles. The Labute approximate surface area is 119 Å². The lowest BCUT2D eigenvalue weighted by molar-refractivity contribution is 0.0598. The van der Waals surface area contributed by atoms with E-state index in [9.17, 15) is 18.0 Å². The van der Waals surface area contributed by atoms with E-state index in [0.717, 1.165) is 25.0 Å². The average Bonchev–Trinajstić information content (AvgIpc) is 2.66. The highest BCUT2D eigenvalue weighted by atomic mass is 35.5. The van der Waals surface area contributed by atoms with E-state index in [-0.39, 0.29) is 23.0 Å². The van der Waals surface area contributed by atoms with Crippen molar-refractivity contribution in [1.29, 1.82) is 0 Å². The summed E-state index contributed by atoms with van der Waals surface area (Å²) in [5.74, 6) is -4.68. The molecular weight excluding hydrogens is 291 g/mol. The summed E-state index contributed by atoms with van der Waals surface area (Å²) in [5, 5.41) is 0.0400. The zero-order valence-corrected chi connectivity index (χ0v) is 11.3. The zero-order chi connectivity index (χ0) is 14.4. The number of benzene rings is 1. The fourth-order valence-corrected chi connectivity index (χ4v) is 3.68. The van der Waals surface area contributed by atoms with Crippen molar-refractivity contribution in [1.82, 2.24) is 4.90 Å². The van der Waals surface area contributed by atoms with Gasteiger partial charge in [0, 0.05) is 23.0 Å². The van der Waals surface area contributed by atoms with Crippen LogP contribution in [0.2, 0.25) is 0 Å². The number of hydrogen-bond donors (Lipinski definition) is 0. The molecular formula is C14H13ClF3NO. The average molecular weight is 304 g/mol. The largest absolute Gasteiger partial charge is 0.333 e. The minimum atomic E-state index is -1.55. The van der Waals surface area contributed by atoms with Crippen molar-refractivity contribution < 1.29 is 18.0 Å². The minimum absolute atomic E-state index is 0.0138. The second kappa shape index (κ2) is 4.95. The van der Waals surface area contributed by atoms with Gasteiger partial charge in [-0.1, -0.05) is 0 Å². The molecule has 20 heavy (non-hydrogen) atoms. The Bertz CT molecular complexity index is 528. The van der Waals surface area contributed by atoms with Crippen molar-refractivity contribution in [2.24, 2.45) is 0 Å². The van der Waals surface area contributed by atoms with Gasteiger partial charge >= 0.3 is 0 Å². The number of carbonyl (C=O) groups excluding carboxylic acids is 1. The lowest BCUT2D eigenvalue weighted by Crippen LogP contribution is -2.47. The maximum Gasteiger partial charge on any atom is 0.254 e. The van der Waals surface area contributed by atoms with Gasteiger partial charge in [-0.2, -0.15) is 0 Å². The Morgan fingerprint density at radius 3 is 2.10 bits per heavy atom. The van der Waals surface area contributed by atoms with Crippen molar-refractivity contribution in [3.05, 3.63) is 35.1 Å². The van der Waals surface area contributed by atoms with Crippen LogP contribution >= 0.6 is 11.6 Å². The number of hydrogen-bond acceptors (Lipinski definition) is 1. The number of amides is 1. The highest BCUT2D eigenvalue weighted by Gasteiger charge is 2.43. The molecule has 0 radical (unpaired) electrons. The summed E-state index contributed by atoms with van der Waals surface area (Å²) < 4.78 is 39.4. The molecule has 2 saturated heterocycles. The molecule has 2 fully saturated rings. The normalized spacial score (nSPS) is 28.8. The number of carbonyl (C=O) groups is 1. The van der Waals surface area contributed by atoms with E-state index in [4.69, 9.17) is 11.6 Å². The van der Waals surface area contributed by atoms with Crippen LogP contribution in [0.1, 0.15) is 36.0 Å². The van der Waals surface area contributed by atoms with Crippen LogP contribution in [0, 0.1) is 17.5 Å². The van der Waals surface area contributed by atoms with Crippen molar-refractivity contribution in [3.8, 4) is 0 Å². The van der Waals surface area contributed by atoms with Crippen LogP contribution in [0.15, 0.2) is 12.1 Å². The second-order valence-corrected chi connectivity index (χ2v) is 6.04. The number of piperidine rings is 1. The van der Waals surface area contributed by atoms with Crippen LogP contribution in [0.4, 0.5) is 13.2 Å². The smallest absolute Gasteiger partial charge is 0.254 e. The third-order valence-corrected chi connectivity index (χ3v) is 4.50. The Hall–Kier alpha value is -1.23. The Balaban J connectivity index is 1.90. The maximum absolute atomic E-state index is 13.2. The second-order valence-electron chi connectivity index (χ2n) is 5.42. The van der Waals surface area contributed by atoms with Gasteiger partial charge in [0.25, 0.3) is 5.91 Å². The van der Waals surface area contributed by atoms with Crippen LogP contribution in [0.5, 0.6) is 0 Å².